The number of halogens is 3. The van der Waals surface area contributed by atoms with Gasteiger partial charge in [-0.1, -0.05) is 60.7 Å². The zero-order chi connectivity index (χ0) is 36.6. The predicted molar refractivity (Wildman–Crippen MR) is 204 cm³/mol. The average molecular weight is 798 g/mol. The van der Waals surface area contributed by atoms with Crippen molar-refractivity contribution in [3.05, 3.63) is 168 Å². The lowest BCUT2D eigenvalue weighted by atomic mass is 10.1. The monoisotopic (exact) mass is 796 g/mol. The molecule has 0 radical (unpaired) electrons. The lowest BCUT2D eigenvalue weighted by molar-refractivity contribution is -0.141. The Balaban J connectivity index is 0.000000230. The number of pyridine rings is 1. The van der Waals surface area contributed by atoms with Gasteiger partial charge >= 0.3 is 0 Å². The van der Waals surface area contributed by atoms with Crippen molar-refractivity contribution in [3.8, 4) is 11.4 Å². The van der Waals surface area contributed by atoms with E-state index in [-0.39, 0.29) is 41.0 Å². The molecule has 1 aliphatic rings. The Hall–Kier alpha value is -5.18. The van der Waals surface area contributed by atoms with E-state index in [1.54, 1.807) is 32.5 Å². The van der Waals surface area contributed by atoms with Crippen molar-refractivity contribution < 1.29 is 40.0 Å². The quantitative estimate of drug-likeness (QED) is 0.130. The number of ether oxygens (including phenoxy) is 2. The number of hydrogen-bond acceptors (Lipinski definition) is 5. The summed E-state index contributed by atoms with van der Waals surface area (Å²) in [5.41, 5.74) is 2.52. The van der Waals surface area contributed by atoms with Gasteiger partial charge in [0.2, 0.25) is 11.9 Å². The molecule has 0 saturated carbocycles. The van der Waals surface area contributed by atoms with Gasteiger partial charge in [-0.2, -0.15) is 13.8 Å². The molecule has 1 fully saturated rings. The van der Waals surface area contributed by atoms with Gasteiger partial charge in [0.15, 0.2) is 5.76 Å². The summed E-state index contributed by atoms with van der Waals surface area (Å²) in [7, 11) is 0.691. The summed E-state index contributed by atoms with van der Waals surface area (Å²) in [5, 5.41) is 4.31. The highest BCUT2D eigenvalue weighted by Crippen LogP contribution is 2.33. The second-order valence-electron chi connectivity index (χ2n) is 12.4. The third-order valence-corrected chi connectivity index (χ3v) is 11.4. The molecule has 11 heteroatoms. The second kappa shape index (κ2) is 18.0. The SMILES string of the molecule is COc1cc(/C=C2\O[C@@H](C)CN([C@@H](C)c3ccc(F)nc3F)C2=O)ccc1-n1cnc(C)c1.[Br-].c1ccc([PH+](c2ccccc2)c2ccccc2)cc1. The fourth-order valence-corrected chi connectivity index (χ4v) is 8.73. The van der Waals surface area contributed by atoms with Crippen molar-refractivity contribution in [2.24, 2.45) is 0 Å². The van der Waals surface area contributed by atoms with E-state index in [2.05, 4.69) is 101 Å². The number of rotatable bonds is 8. The van der Waals surface area contributed by atoms with Gasteiger partial charge < -0.3 is 35.9 Å². The first kappa shape index (κ1) is 39.0. The summed E-state index contributed by atoms with van der Waals surface area (Å²) in [6, 6.07) is 39.7. The van der Waals surface area contributed by atoms with E-state index in [1.807, 2.05) is 36.7 Å². The van der Waals surface area contributed by atoms with E-state index < -0.39 is 31.8 Å². The van der Waals surface area contributed by atoms with Gasteiger partial charge in [-0.15, -0.1) is 0 Å². The first-order valence-electron chi connectivity index (χ1n) is 16.9. The molecule has 7 rings (SSSR count). The Bertz CT molecular complexity index is 2060. The molecule has 0 N–H and O–H groups in total. The molecule has 0 spiro atoms. The number of methoxy groups -OCH3 is 1. The number of hydrogen-bond donors (Lipinski definition) is 0. The van der Waals surface area contributed by atoms with E-state index >= 15 is 0 Å². The Morgan fingerprint density at radius 1 is 0.887 bits per heavy atom. The number of nitrogens with zero attached hydrogens (tertiary/aromatic N) is 4. The van der Waals surface area contributed by atoms with Crippen molar-refractivity contribution >= 4 is 35.8 Å². The van der Waals surface area contributed by atoms with Crippen LogP contribution in [0.25, 0.3) is 11.8 Å². The molecule has 0 unspecified atom stereocenters. The molecule has 0 aliphatic carbocycles. The molecule has 0 bridgehead atoms. The standard InChI is InChI=1S/C24H24F2N4O3.C18H15P.BrH/c1-14-11-29(13-27-14)19-7-5-17(9-20(19)32-4)10-21-24(31)30(12-15(2)33-21)16(3)18-6-8-22(25)28-23(18)26;1-4-10-16(11-5-1)19(17-12-6-2-7-13-17)18-14-8-3-9-15-18;/h5-11,13,15-16H,12H2,1-4H3;1-15H;1H/b21-10-;;/t15-,16-;;/m0../s1. The number of carbonyl (C=O) groups is 1. The van der Waals surface area contributed by atoms with E-state index in [1.165, 1.54) is 26.9 Å². The summed E-state index contributed by atoms with van der Waals surface area (Å²) in [5.74, 6) is -1.51. The van der Waals surface area contributed by atoms with Crippen LogP contribution >= 0.6 is 7.92 Å². The molecule has 7 nitrogen and oxygen atoms in total. The number of amides is 1. The van der Waals surface area contributed by atoms with Crippen LogP contribution in [0.2, 0.25) is 0 Å². The average Bonchev–Trinajstić information content (AvgIpc) is 3.60. The minimum atomic E-state index is -0.935. The Morgan fingerprint density at radius 2 is 1.47 bits per heavy atom. The smallest absolute Gasteiger partial charge is 0.289 e. The van der Waals surface area contributed by atoms with Crippen LogP contribution < -0.4 is 37.6 Å². The van der Waals surface area contributed by atoms with Crippen LogP contribution in [0, 0.1) is 18.8 Å². The van der Waals surface area contributed by atoms with Crippen LogP contribution in [0.3, 0.4) is 0 Å². The number of aromatic nitrogens is 3. The molecule has 4 aromatic carbocycles. The summed E-state index contributed by atoms with van der Waals surface area (Å²) >= 11 is 0. The maximum absolute atomic E-state index is 14.2. The second-order valence-corrected chi connectivity index (χ2v) is 14.9. The van der Waals surface area contributed by atoms with Crippen LogP contribution in [-0.4, -0.2) is 45.1 Å². The van der Waals surface area contributed by atoms with Gasteiger partial charge in [-0.05, 0) is 93.1 Å². The van der Waals surface area contributed by atoms with Crippen LogP contribution in [0.5, 0.6) is 5.75 Å². The molecule has 272 valence electrons. The molecule has 3 heterocycles. The highest BCUT2D eigenvalue weighted by atomic mass is 79.9. The fourth-order valence-electron chi connectivity index (χ4n) is 6.15. The Labute approximate surface area is 320 Å². The molecule has 2 atom stereocenters. The largest absolute Gasteiger partial charge is 1.00 e. The zero-order valence-electron chi connectivity index (χ0n) is 29.8. The topological polar surface area (TPSA) is 69.5 Å². The molecule has 6 aromatic rings. The first-order valence-corrected chi connectivity index (χ1v) is 18.4. The number of morpholine rings is 1. The maximum atomic E-state index is 14.2. The number of aryl methyl sites for hydroxylation is 1. The highest BCUT2D eigenvalue weighted by molar-refractivity contribution is 7.79. The summed E-state index contributed by atoms with van der Waals surface area (Å²) in [6.07, 6.45) is 4.89. The zero-order valence-corrected chi connectivity index (χ0v) is 32.4. The molecule has 1 amide bonds. The van der Waals surface area contributed by atoms with Crippen molar-refractivity contribution in [2.75, 3.05) is 13.7 Å². The van der Waals surface area contributed by atoms with Gasteiger partial charge in [0.1, 0.15) is 27.8 Å². The van der Waals surface area contributed by atoms with Gasteiger partial charge in [0, 0.05) is 11.8 Å². The minimum absolute atomic E-state index is 0. The molecule has 2 aromatic heterocycles. The van der Waals surface area contributed by atoms with E-state index in [4.69, 9.17) is 9.47 Å². The van der Waals surface area contributed by atoms with Crippen LogP contribution in [-0.2, 0) is 9.53 Å². The van der Waals surface area contributed by atoms with Gasteiger partial charge in [0.25, 0.3) is 5.91 Å². The molecular formula is C42H40BrF2N4O3P. The van der Waals surface area contributed by atoms with Crippen LogP contribution in [0.4, 0.5) is 8.78 Å². The lowest BCUT2D eigenvalue weighted by Gasteiger charge is -2.37. The Morgan fingerprint density at radius 3 is 1.98 bits per heavy atom. The third-order valence-electron chi connectivity index (χ3n) is 8.69. The normalized spacial score (nSPS) is 15.2. The van der Waals surface area contributed by atoms with E-state index in [9.17, 15) is 13.6 Å². The van der Waals surface area contributed by atoms with E-state index in [0.29, 0.717) is 11.3 Å². The minimum Gasteiger partial charge on any atom is -1.00 e. The highest BCUT2D eigenvalue weighted by Gasteiger charge is 2.34. The summed E-state index contributed by atoms with van der Waals surface area (Å²) in [4.78, 5) is 22.2. The molecule has 1 saturated heterocycles. The predicted octanol–water partition coefficient (Wildman–Crippen LogP) is 4.39. The first-order chi connectivity index (χ1) is 25.2. The van der Waals surface area contributed by atoms with Crippen molar-refractivity contribution in [1.82, 2.24) is 19.4 Å². The summed E-state index contributed by atoms with van der Waals surface area (Å²) in [6.45, 7) is 5.66. The molecule has 1 aliphatic heterocycles. The van der Waals surface area contributed by atoms with Crippen LogP contribution in [0.1, 0.15) is 36.7 Å². The number of imidazole rings is 1. The van der Waals surface area contributed by atoms with Crippen molar-refractivity contribution in [1.29, 1.82) is 0 Å². The maximum Gasteiger partial charge on any atom is 0.289 e. The summed E-state index contributed by atoms with van der Waals surface area (Å²) < 4.78 is 40.6. The van der Waals surface area contributed by atoms with Crippen LogP contribution in [0.15, 0.2) is 140 Å². The number of benzene rings is 4. The van der Waals surface area contributed by atoms with Crippen molar-refractivity contribution in [2.45, 2.75) is 32.9 Å². The van der Waals surface area contributed by atoms with Gasteiger partial charge in [-0.25, -0.2) is 4.98 Å². The Kier molecular flexibility index (Phi) is 13.3. The lowest BCUT2D eigenvalue weighted by Crippen LogP contribution is -3.00. The molecule has 53 heavy (non-hydrogen) atoms. The van der Waals surface area contributed by atoms with Crippen molar-refractivity contribution in [3.63, 3.8) is 0 Å². The van der Waals surface area contributed by atoms with Gasteiger partial charge in [-0.3, -0.25) is 4.79 Å². The third kappa shape index (κ3) is 9.44. The molecular weight excluding hydrogens is 757 g/mol. The number of carbonyl (C=O) groups excluding carboxylic acids is 1. The fraction of sp³-hybridized carbons (Fsp3) is 0.167. The van der Waals surface area contributed by atoms with Gasteiger partial charge in [0.05, 0.1) is 45.3 Å². The van der Waals surface area contributed by atoms with E-state index in [0.717, 1.165) is 17.4 Å².